The monoisotopic (exact) mass is 289 g/mol. The van der Waals surface area contributed by atoms with Gasteiger partial charge in [-0.1, -0.05) is 19.8 Å². The summed E-state index contributed by atoms with van der Waals surface area (Å²) < 4.78 is 65.9. The number of halogens is 5. The molecule has 0 radical (unpaired) electrons. The number of hydrogen-bond donors (Lipinski definition) is 1. The topological polar surface area (TPSA) is 21.3 Å². The molecule has 1 saturated carbocycles. The van der Waals surface area contributed by atoms with E-state index in [4.69, 9.17) is 0 Å². The molecule has 0 aromatic heterocycles. The molecule has 7 heteroatoms. The van der Waals surface area contributed by atoms with Crippen molar-refractivity contribution >= 4 is 0 Å². The predicted molar refractivity (Wildman–Crippen MR) is 61.2 cm³/mol. The molecule has 1 unspecified atom stereocenters. The smallest absolute Gasteiger partial charge is 0.373 e. The van der Waals surface area contributed by atoms with Gasteiger partial charge >= 0.3 is 12.1 Å². The molecule has 114 valence electrons. The summed E-state index contributed by atoms with van der Waals surface area (Å²) in [5.41, 5.74) is 0. The van der Waals surface area contributed by atoms with Crippen LogP contribution in [0.15, 0.2) is 0 Å². The summed E-state index contributed by atoms with van der Waals surface area (Å²) in [4.78, 5) is 0. The van der Waals surface area contributed by atoms with E-state index in [1.165, 1.54) is 0 Å². The van der Waals surface area contributed by atoms with Gasteiger partial charge in [-0.3, -0.25) is 0 Å². The standard InChI is InChI=1S/C12H20F5NO/c1-2-18-10(9-5-3-4-6-9)7-19-8-11(13,14)12(15,16)17/h9-10,18H,2-8H2,1H3. The Hall–Kier alpha value is -0.430. The summed E-state index contributed by atoms with van der Waals surface area (Å²) in [5, 5.41) is 3.10. The first-order valence-corrected chi connectivity index (χ1v) is 6.53. The highest BCUT2D eigenvalue weighted by atomic mass is 19.4. The summed E-state index contributed by atoms with van der Waals surface area (Å²) in [6, 6.07) is -0.142. The summed E-state index contributed by atoms with van der Waals surface area (Å²) in [6.07, 6.45) is -1.46. The van der Waals surface area contributed by atoms with Crippen LogP contribution in [0.25, 0.3) is 0 Å². The van der Waals surface area contributed by atoms with E-state index < -0.39 is 18.7 Å². The normalized spacial score (nSPS) is 19.9. The van der Waals surface area contributed by atoms with Gasteiger partial charge in [0.1, 0.15) is 6.61 Å². The maximum Gasteiger partial charge on any atom is 0.455 e. The first-order valence-electron chi connectivity index (χ1n) is 6.53. The largest absolute Gasteiger partial charge is 0.455 e. The second-order valence-corrected chi connectivity index (χ2v) is 4.93. The Morgan fingerprint density at radius 2 is 1.74 bits per heavy atom. The third-order valence-electron chi connectivity index (χ3n) is 3.43. The number of nitrogens with one attached hydrogen (secondary N) is 1. The van der Waals surface area contributed by atoms with E-state index in [-0.39, 0.29) is 12.6 Å². The minimum Gasteiger partial charge on any atom is -0.373 e. The van der Waals surface area contributed by atoms with Gasteiger partial charge in [-0.15, -0.1) is 0 Å². The van der Waals surface area contributed by atoms with Crippen LogP contribution in [0.4, 0.5) is 22.0 Å². The van der Waals surface area contributed by atoms with Crippen LogP contribution in [0, 0.1) is 5.92 Å². The van der Waals surface area contributed by atoms with Crippen LogP contribution in [0.3, 0.4) is 0 Å². The quantitative estimate of drug-likeness (QED) is 0.726. The Balaban J connectivity index is 2.40. The Kier molecular flexibility index (Phi) is 5.98. The lowest BCUT2D eigenvalue weighted by atomic mass is 9.99. The Morgan fingerprint density at radius 1 is 1.16 bits per heavy atom. The first-order chi connectivity index (χ1) is 8.78. The van der Waals surface area contributed by atoms with Crippen molar-refractivity contribution in [1.29, 1.82) is 0 Å². The van der Waals surface area contributed by atoms with E-state index in [2.05, 4.69) is 10.1 Å². The van der Waals surface area contributed by atoms with Crippen molar-refractivity contribution in [2.75, 3.05) is 19.8 Å². The molecule has 2 nitrogen and oxygen atoms in total. The SMILES string of the molecule is CCNC(COCC(F)(F)C(F)(F)F)C1CCCC1. The summed E-state index contributed by atoms with van der Waals surface area (Å²) in [6.45, 7) is 0.793. The van der Waals surface area contributed by atoms with Crippen LogP contribution in [-0.4, -0.2) is 37.9 Å². The van der Waals surface area contributed by atoms with E-state index in [9.17, 15) is 22.0 Å². The Labute approximate surface area is 109 Å². The molecular weight excluding hydrogens is 269 g/mol. The maximum atomic E-state index is 12.7. The summed E-state index contributed by atoms with van der Waals surface area (Å²) in [7, 11) is 0. The molecule has 1 rings (SSSR count). The van der Waals surface area contributed by atoms with Crippen molar-refractivity contribution in [2.45, 2.75) is 50.7 Å². The molecule has 0 bridgehead atoms. The molecule has 1 N–H and O–H groups in total. The number of ether oxygens (including phenoxy) is 1. The third-order valence-corrected chi connectivity index (χ3v) is 3.43. The highest BCUT2D eigenvalue weighted by Crippen LogP contribution is 2.35. The van der Waals surface area contributed by atoms with Crippen molar-refractivity contribution < 1.29 is 26.7 Å². The lowest BCUT2D eigenvalue weighted by molar-refractivity contribution is -0.297. The molecule has 0 amide bonds. The van der Waals surface area contributed by atoms with Gasteiger partial charge in [-0.05, 0) is 25.3 Å². The highest BCUT2D eigenvalue weighted by molar-refractivity contribution is 4.81. The molecule has 1 fully saturated rings. The third kappa shape index (κ3) is 4.87. The predicted octanol–water partition coefficient (Wildman–Crippen LogP) is 3.37. The van der Waals surface area contributed by atoms with Crippen molar-refractivity contribution in [3.05, 3.63) is 0 Å². The van der Waals surface area contributed by atoms with E-state index in [1.807, 2.05) is 6.92 Å². The van der Waals surface area contributed by atoms with Crippen LogP contribution >= 0.6 is 0 Å². The average molecular weight is 289 g/mol. The van der Waals surface area contributed by atoms with Crippen LogP contribution < -0.4 is 5.32 Å². The molecule has 1 aliphatic rings. The first kappa shape index (κ1) is 16.6. The van der Waals surface area contributed by atoms with Gasteiger partial charge in [-0.2, -0.15) is 22.0 Å². The molecule has 0 spiro atoms. The van der Waals surface area contributed by atoms with Gasteiger partial charge in [0.15, 0.2) is 0 Å². The molecule has 19 heavy (non-hydrogen) atoms. The van der Waals surface area contributed by atoms with Crippen molar-refractivity contribution in [1.82, 2.24) is 5.32 Å². The molecule has 0 saturated heterocycles. The van der Waals surface area contributed by atoms with Crippen molar-refractivity contribution in [3.8, 4) is 0 Å². The lowest BCUT2D eigenvalue weighted by Gasteiger charge is -2.26. The number of likely N-dealkylation sites (N-methyl/N-ethyl adjacent to an activating group) is 1. The zero-order valence-electron chi connectivity index (χ0n) is 10.9. The van der Waals surface area contributed by atoms with Gasteiger partial charge < -0.3 is 10.1 Å². The van der Waals surface area contributed by atoms with E-state index in [1.54, 1.807) is 0 Å². The van der Waals surface area contributed by atoms with Gasteiger partial charge in [0.25, 0.3) is 0 Å². The van der Waals surface area contributed by atoms with Gasteiger partial charge in [0, 0.05) is 6.04 Å². The van der Waals surface area contributed by atoms with Gasteiger partial charge in [0.2, 0.25) is 0 Å². The number of rotatable bonds is 7. The Bertz CT molecular complexity index is 263. The van der Waals surface area contributed by atoms with Crippen LogP contribution in [0.2, 0.25) is 0 Å². The van der Waals surface area contributed by atoms with Crippen LogP contribution in [0.5, 0.6) is 0 Å². The van der Waals surface area contributed by atoms with Crippen molar-refractivity contribution in [3.63, 3.8) is 0 Å². The molecule has 0 aromatic carbocycles. The summed E-state index contributed by atoms with van der Waals surface area (Å²) >= 11 is 0. The summed E-state index contributed by atoms with van der Waals surface area (Å²) in [5.74, 6) is -4.47. The van der Waals surface area contributed by atoms with E-state index in [0.717, 1.165) is 25.7 Å². The number of hydrogen-bond acceptors (Lipinski definition) is 2. The fourth-order valence-electron chi connectivity index (χ4n) is 2.38. The molecule has 0 aromatic rings. The van der Waals surface area contributed by atoms with Crippen LogP contribution in [0.1, 0.15) is 32.6 Å². The van der Waals surface area contributed by atoms with Gasteiger partial charge in [0.05, 0.1) is 6.61 Å². The fourth-order valence-corrected chi connectivity index (χ4v) is 2.38. The zero-order valence-corrected chi connectivity index (χ0v) is 10.9. The second kappa shape index (κ2) is 6.83. The molecule has 1 aliphatic carbocycles. The molecule has 0 aliphatic heterocycles. The van der Waals surface area contributed by atoms with Crippen molar-refractivity contribution in [2.24, 2.45) is 5.92 Å². The Morgan fingerprint density at radius 3 is 2.21 bits per heavy atom. The number of alkyl halides is 5. The maximum absolute atomic E-state index is 12.7. The lowest BCUT2D eigenvalue weighted by Crippen LogP contribution is -2.44. The minimum absolute atomic E-state index is 0.107. The molecule has 0 heterocycles. The highest BCUT2D eigenvalue weighted by Gasteiger charge is 2.57. The molecule has 1 atom stereocenters. The van der Waals surface area contributed by atoms with E-state index in [0.29, 0.717) is 12.5 Å². The minimum atomic E-state index is -5.55. The van der Waals surface area contributed by atoms with E-state index >= 15 is 0 Å². The van der Waals surface area contributed by atoms with Crippen LogP contribution in [-0.2, 0) is 4.74 Å². The molecular formula is C12H20F5NO. The zero-order chi connectivity index (χ0) is 14.5. The fraction of sp³-hybridized carbons (Fsp3) is 1.00. The second-order valence-electron chi connectivity index (χ2n) is 4.93. The average Bonchev–Trinajstić information content (AvgIpc) is 2.79. The van der Waals surface area contributed by atoms with Gasteiger partial charge in [-0.25, -0.2) is 0 Å².